The quantitative estimate of drug-likeness (QED) is 0.792. The minimum Gasteiger partial charge on any atom is -0.495 e. The number of methoxy groups -OCH3 is 1. The molecule has 2 rings (SSSR count). The summed E-state index contributed by atoms with van der Waals surface area (Å²) in [6.45, 7) is 0.170. The lowest BCUT2D eigenvalue weighted by Crippen LogP contribution is -1.98. The fourth-order valence-corrected chi connectivity index (χ4v) is 1.82. The van der Waals surface area contributed by atoms with Crippen LogP contribution in [-0.2, 0) is 6.61 Å². The fraction of sp³-hybridized carbons (Fsp3) is 0.125. The van der Waals surface area contributed by atoms with Crippen molar-refractivity contribution in [2.24, 2.45) is 0 Å². The molecule has 2 aromatic rings. The number of rotatable bonds is 5. The Labute approximate surface area is 121 Å². The van der Waals surface area contributed by atoms with Gasteiger partial charge in [0.25, 0.3) is 0 Å². The van der Waals surface area contributed by atoms with Gasteiger partial charge in [0.05, 0.1) is 12.7 Å². The number of ether oxygens (including phenoxy) is 2. The largest absolute Gasteiger partial charge is 0.495 e. The first-order valence-electron chi connectivity index (χ1n) is 6.12. The summed E-state index contributed by atoms with van der Waals surface area (Å²) in [5.74, 6) is 0.179. The van der Waals surface area contributed by atoms with E-state index in [9.17, 15) is 9.18 Å². The van der Waals surface area contributed by atoms with Crippen molar-refractivity contribution in [2.75, 3.05) is 7.11 Å². The van der Waals surface area contributed by atoms with Gasteiger partial charge in [0, 0.05) is 11.6 Å². The molecule has 0 aliphatic rings. The number of nitriles is 1. The second kappa shape index (κ2) is 6.53. The van der Waals surface area contributed by atoms with Crippen molar-refractivity contribution in [1.82, 2.24) is 0 Å². The summed E-state index contributed by atoms with van der Waals surface area (Å²) in [5, 5.41) is 8.90. The van der Waals surface area contributed by atoms with E-state index >= 15 is 0 Å². The number of hydrogen-bond donors (Lipinski definition) is 0. The molecular weight excluding hydrogens is 273 g/mol. The first kappa shape index (κ1) is 14.5. The van der Waals surface area contributed by atoms with E-state index < -0.39 is 5.82 Å². The fourth-order valence-electron chi connectivity index (χ4n) is 1.82. The van der Waals surface area contributed by atoms with Gasteiger partial charge in [0.15, 0.2) is 0 Å². The van der Waals surface area contributed by atoms with Crippen molar-refractivity contribution in [1.29, 1.82) is 5.26 Å². The summed E-state index contributed by atoms with van der Waals surface area (Å²) in [7, 11) is 1.48. The maximum Gasteiger partial charge on any atom is 0.150 e. The molecule has 106 valence electrons. The molecule has 0 atom stereocenters. The molecule has 5 heteroatoms. The van der Waals surface area contributed by atoms with E-state index in [4.69, 9.17) is 14.7 Å². The van der Waals surface area contributed by atoms with Gasteiger partial charge in [0.1, 0.15) is 36.3 Å². The van der Waals surface area contributed by atoms with Gasteiger partial charge in [-0.15, -0.1) is 0 Å². The summed E-state index contributed by atoms with van der Waals surface area (Å²) in [6, 6.07) is 10.8. The number of nitrogens with zero attached hydrogens (tertiary/aromatic N) is 1. The van der Waals surface area contributed by atoms with Crippen LogP contribution < -0.4 is 9.47 Å². The summed E-state index contributed by atoms with van der Waals surface area (Å²) >= 11 is 0. The molecule has 0 radical (unpaired) electrons. The Bertz CT molecular complexity index is 707. The highest BCUT2D eigenvalue weighted by Gasteiger charge is 2.06. The predicted molar refractivity (Wildman–Crippen MR) is 73.8 cm³/mol. The van der Waals surface area contributed by atoms with Crippen LogP contribution in [0.2, 0.25) is 0 Å². The molecule has 0 spiro atoms. The van der Waals surface area contributed by atoms with Crippen molar-refractivity contribution in [3.63, 3.8) is 0 Å². The molecule has 0 unspecified atom stereocenters. The molecule has 21 heavy (non-hydrogen) atoms. The monoisotopic (exact) mass is 285 g/mol. The Hall–Kier alpha value is -2.87. The summed E-state index contributed by atoms with van der Waals surface area (Å²) < 4.78 is 23.8. The molecule has 0 fully saturated rings. The molecule has 0 amide bonds. The normalized spacial score (nSPS) is 9.76. The molecular formula is C16H12FNO3. The minimum absolute atomic E-state index is 0.170. The van der Waals surface area contributed by atoms with E-state index in [2.05, 4.69) is 0 Å². The third-order valence-corrected chi connectivity index (χ3v) is 2.82. The van der Waals surface area contributed by atoms with Gasteiger partial charge in [-0.1, -0.05) is 6.07 Å². The second-order valence-electron chi connectivity index (χ2n) is 4.27. The summed E-state index contributed by atoms with van der Waals surface area (Å²) in [4.78, 5) is 10.7. The zero-order chi connectivity index (χ0) is 15.2. The number of carbonyl (C=O) groups excluding carboxylic acids is 1. The smallest absolute Gasteiger partial charge is 0.150 e. The molecule has 2 aromatic carbocycles. The van der Waals surface area contributed by atoms with E-state index in [-0.39, 0.29) is 17.9 Å². The zero-order valence-electron chi connectivity index (χ0n) is 11.3. The maximum absolute atomic E-state index is 13.3. The van der Waals surface area contributed by atoms with Gasteiger partial charge >= 0.3 is 0 Å². The van der Waals surface area contributed by atoms with Gasteiger partial charge in [-0.2, -0.15) is 5.26 Å². The van der Waals surface area contributed by atoms with Crippen molar-refractivity contribution < 1.29 is 18.7 Å². The molecule has 0 heterocycles. The number of carbonyl (C=O) groups is 1. The van der Waals surface area contributed by atoms with Crippen LogP contribution in [0, 0.1) is 17.1 Å². The molecule has 0 saturated carbocycles. The Balaban J connectivity index is 2.15. The topological polar surface area (TPSA) is 59.3 Å². The standard InChI is InChI=1S/C16H12FNO3/c1-20-16-6-11(2-3-13(16)8-18)10-21-15-5-12(9-19)4-14(17)7-15/h2-7,9H,10H2,1H3. The Morgan fingerprint density at radius 3 is 2.76 bits per heavy atom. The van der Waals surface area contributed by atoms with Crippen LogP contribution in [0.5, 0.6) is 11.5 Å². The Kier molecular flexibility index (Phi) is 4.52. The van der Waals surface area contributed by atoms with E-state index in [0.29, 0.717) is 17.6 Å². The van der Waals surface area contributed by atoms with Crippen LogP contribution in [0.4, 0.5) is 4.39 Å². The zero-order valence-corrected chi connectivity index (χ0v) is 11.3. The number of halogens is 1. The van der Waals surface area contributed by atoms with Crippen LogP contribution in [0.1, 0.15) is 21.5 Å². The Morgan fingerprint density at radius 1 is 1.29 bits per heavy atom. The lowest BCUT2D eigenvalue weighted by molar-refractivity contribution is 0.112. The highest BCUT2D eigenvalue weighted by atomic mass is 19.1. The molecule has 4 nitrogen and oxygen atoms in total. The van der Waals surface area contributed by atoms with Crippen LogP contribution in [-0.4, -0.2) is 13.4 Å². The average Bonchev–Trinajstić information content (AvgIpc) is 2.52. The van der Waals surface area contributed by atoms with Gasteiger partial charge in [-0.05, 0) is 29.8 Å². The lowest BCUT2D eigenvalue weighted by Gasteiger charge is -2.09. The first-order chi connectivity index (χ1) is 10.2. The molecule has 0 aromatic heterocycles. The highest BCUT2D eigenvalue weighted by molar-refractivity contribution is 5.75. The minimum atomic E-state index is -0.535. The summed E-state index contributed by atoms with van der Waals surface area (Å²) in [5.41, 5.74) is 1.40. The van der Waals surface area contributed by atoms with E-state index in [1.807, 2.05) is 6.07 Å². The Morgan fingerprint density at radius 2 is 2.10 bits per heavy atom. The molecule has 0 aliphatic carbocycles. The van der Waals surface area contributed by atoms with Crippen molar-refractivity contribution in [3.05, 3.63) is 58.9 Å². The van der Waals surface area contributed by atoms with E-state index in [1.165, 1.54) is 19.2 Å². The molecule has 0 N–H and O–H groups in total. The summed E-state index contributed by atoms with van der Waals surface area (Å²) in [6.07, 6.45) is 0.556. The van der Waals surface area contributed by atoms with Crippen LogP contribution in [0.15, 0.2) is 36.4 Å². The van der Waals surface area contributed by atoms with Gasteiger partial charge in [-0.25, -0.2) is 4.39 Å². The van der Waals surface area contributed by atoms with Gasteiger partial charge in [-0.3, -0.25) is 4.79 Å². The molecule has 0 bridgehead atoms. The maximum atomic E-state index is 13.3. The van der Waals surface area contributed by atoms with Crippen LogP contribution >= 0.6 is 0 Å². The van der Waals surface area contributed by atoms with Crippen molar-refractivity contribution in [2.45, 2.75) is 6.61 Å². The average molecular weight is 285 g/mol. The number of hydrogen-bond acceptors (Lipinski definition) is 4. The number of aldehydes is 1. The SMILES string of the molecule is COc1cc(COc2cc(F)cc(C=O)c2)ccc1C#N. The van der Waals surface area contributed by atoms with E-state index in [1.54, 1.807) is 18.2 Å². The van der Waals surface area contributed by atoms with Crippen LogP contribution in [0.3, 0.4) is 0 Å². The van der Waals surface area contributed by atoms with Gasteiger partial charge in [0.2, 0.25) is 0 Å². The lowest BCUT2D eigenvalue weighted by atomic mass is 10.1. The number of benzene rings is 2. The van der Waals surface area contributed by atoms with Gasteiger partial charge < -0.3 is 9.47 Å². The van der Waals surface area contributed by atoms with E-state index in [0.717, 1.165) is 11.6 Å². The van der Waals surface area contributed by atoms with Crippen LogP contribution in [0.25, 0.3) is 0 Å². The predicted octanol–water partition coefficient (Wildman–Crippen LogP) is 3.10. The third-order valence-electron chi connectivity index (χ3n) is 2.82. The van der Waals surface area contributed by atoms with Crippen molar-refractivity contribution >= 4 is 6.29 Å². The first-order valence-corrected chi connectivity index (χ1v) is 6.12. The van der Waals surface area contributed by atoms with Crippen molar-refractivity contribution in [3.8, 4) is 17.6 Å². The third kappa shape index (κ3) is 3.57. The molecule has 0 aliphatic heterocycles. The molecule has 0 saturated heterocycles. The highest BCUT2D eigenvalue weighted by Crippen LogP contribution is 2.21. The second-order valence-corrected chi connectivity index (χ2v) is 4.27.